The van der Waals surface area contributed by atoms with Crippen molar-refractivity contribution in [2.45, 2.75) is 20.3 Å². The van der Waals surface area contributed by atoms with E-state index < -0.39 is 0 Å². The summed E-state index contributed by atoms with van der Waals surface area (Å²) < 4.78 is 1.27. The van der Waals surface area contributed by atoms with Gasteiger partial charge in [-0.05, 0) is 31.0 Å². The SMILES string of the molecule is CCc1ccc2nc(N3CCN(c4cc(Cl)nc(C)n4)CC3)sc2c1. The van der Waals surface area contributed by atoms with Crippen molar-refractivity contribution < 1.29 is 0 Å². The Bertz CT molecular complexity index is 881. The van der Waals surface area contributed by atoms with Crippen LogP contribution in [0.1, 0.15) is 18.3 Å². The molecular formula is C18H20ClN5S. The molecule has 1 aliphatic rings. The Morgan fingerprint density at radius 1 is 1.04 bits per heavy atom. The summed E-state index contributed by atoms with van der Waals surface area (Å²) in [6.45, 7) is 7.73. The Labute approximate surface area is 156 Å². The molecule has 0 radical (unpaired) electrons. The molecular weight excluding hydrogens is 354 g/mol. The number of thiazole rings is 1. The van der Waals surface area contributed by atoms with E-state index in [-0.39, 0.29) is 0 Å². The molecule has 130 valence electrons. The van der Waals surface area contributed by atoms with Crippen molar-refractivity contribution in [3.05, 3.63) is 40.8 Å². The van der Waals surface area contributed by atoms with Gasteiger partial charge in [-0.2, -0.15) is 0 Å². The van der Waals surface area contributed by atoms with Gasteiger partial charge in [-0.15, -0.1) is 0 Å². The first-order valence-corrected chi connectivity index (χ1v) is 9.72. The number of nitrogens with zero attached hydrogens (tertiary/aromatic N) is 5. The minimum atomic E-state index is 0.503. The number of benzene rings is 1. The van der Waals surface area contributed by atoms with E-state index in [0.29, 0.717) is 11.0 Å². The summed E-state index contributed by atoms with van der Waals surface area (Å²) in [5, 5.41) is 1.61. The molecule has 3 aromatic rings. The highest BCUT2D eigenvalue weighted by molar-refractivity contribution is 7.22. The molecule has 7 heteroatoms. The summed E-state index contributed by atoms with van der Waals surface area (Å²) in [7, 11) is 0. The second-order valence-electron chi connectivity index (χ2n) is 6.22. The monoisotopic (exact) mass is 373 g/mol. The van der Waals surface area contributed by atoms with Crippen LogP contribution < -0.4 is 9.80 Å². The fraction of sp³-hybridized carbons (Fsp3) is 0.389. The molecule has 0 aliphatic carbocycles. The minimum absolute atomic E-state index is 0.503. The lowest BCUT2D eigenvalue weighted by molar-refractivity contribution is 0.645. The maximum atomic E-state index is 6.07. The Hall–Kier alpha value is -1.92. The van der Waals surface area contributed by atoms with Gasteiger partial charge in [0, 0.05) is 32.2 Å². The first-order chi connectivity index (χ1) is 12.1. The predicted molar refractivity (Wildman–Crippen MR) is 105 cm³/mol. The normalized spacial score (nSPS) is 15.2. The number of hydrogen-bond donors (Lipinski definition) is 0. The quantitative estimate of drug-likeness (QED) is 0.651. The van der Waals surface area contributed by atoms with Crippen LogP contribution in [0, 0.1) is 6.92 Å². The Kier molecular flexibility index (Phi) is 4.48. The van der Waals surface area contributed by atoms with Crippen molar-refractivity contribution >= 4 is 44.1 Å². The van der Waals surface area contributed by atoms with E-state index in [1.807, 2.05) is 13.0 Å². The third-order valence-corrected chi connectivity index (χ3v) is 5.79. The lowest BCUT2D eigenvalue weighted by Crippen LogP contribution is -2.46. The summed E-state index contributed by atoms with van der Waals surface area (Å²) >= 11 is 7.85. The smallest absolute Gasteiger partial charge is 0.186 e. The summed E-state index contributed by atoms with van der Waals surface area (Å²) in [5.41, 5.74) is 2.46. The predicted octanol–water partition coefficient (Wildman–Crippen LogP) is 3.94. The highest BCUT2D eigenvalue weighted by Gasteiger charge is 2.21. The molecule has 0 spiro atoms. The molecule has 0 bridgehead atoms. The van der Waals surface area contributed by atoms with Crippen LogP contribution >= 0.6 is 22.9 Å². The van der Waals surface area contributed by atoms with Gasteiger partial charge in [0.2, 0.25) is 0 Å². The summed E-state index contributed by atoms with van der Waals surface area (Å²) in [6, 6.07) is 8.41. The first kappa shape index (κ1) is 16.5. The second-order valence-corrected chi connectivity index (χ2v) is 7.62. The molecule has 1 saturated heterocycles. The van der Waals surface area contributed by atoms with Gasteiger partial charge in [0.15, 0.2) is 5.13 Å². The number of aryl methyl sites for hydroxylation is 2. The van der Waals surface area contributed by atoms with E-state index >= 15 is 0 Å². The number of fused-ring (bicyclic) bond motifs is 1. The number of rotatable bonds is 3. The zero-order valence-corrected chi connectivity index (χ0v) is 15.9. The Morgan fingerprint density at radius 3 is 2.52 bits per heavy atom. The van der Waals surface area contributed by atoms with Crippen LogP contribution in [-0.4, -0.2) is 41.1 Å². The molecule has 4 rings (SSSR count). The molecule has 0 N–H and O–H groups in total. The Balaban J connectivity index is 1.49. The maximum absolute atomic E-state index is 6.07. The topological polar surface area (TPSA) is 45.2 Å². The largest absolute Gasteiger partial charge is 0.353 e. The van der Waals surface area contributed by atoms with Crippen molar-refractivity contribution in [2.24, 2.45) is 0 Å². The number of aromatic nitrogens is 3. The molecule has 0 saturated carbocycles. The summed E-state index contributed by atoms with van der Waals surface area (Å²) in [4.78, 5) is 18.1. The molecule has 3 heterocycles. The summed E-state index contributed by atoms with van der Waals surface area (Å²) in [6.07, 6.45) is 1.06. The standard InChI is InChI=1S/C18H20ClN5S/c1-3-13-4-5-14-15(10-13)25-18(22-14)24-8-6-23(7-9-24)17-11-16(19)20-12(2)21-17/h4-5,10-11H,3,6-9H2,1-2H3. The van der Waals surface area contributed by atoms with Crippen LogP contribution in [0.3, 0.4) is 0 Å². The molecule has 1 aliphatic heterocycles. The first-order valence-electron chi connectivity index (χ1n) is 8.53. The van der Waals surface area contributed by atoms with E-state index in [2.05, 4.69) is 44.9 Å². The van der Waals surface area contributed by atoms with Gasteiger partial charge in [-0.3, -0.25) is 0 Å². The lowest BCUT2D eigenvalue weighted by atomic mass is 10.2. The van der Waals surface area contributed by atoms with Crippen LogP contribution in [0.2, 0.25) is 5.15 Å². The highest BCUT2D eigenvalue weighted by Crippen LogP contribution is 2.30. The van der Waals surface area contributed by atoms with Crippen molar-refractivity contribution in [2.75, 3.05) is 36.0 Å². The van der Waals surface area contributed by atoms with Crippen molar-refractivity contribution in [3.8, 4) is 0 Å². The maximum Gasteiger partial charge on any atom is 0.186 e. The van der Waals surface area contributed by atoms with Crippen molar-refractivity contribution in [1.29, 1.82) is 0 Å². The molecule has 0 atom stereocenters. The van der Waals surface area contributed by atoms with E-state index in [1.165, 1.54) is 10.3 Å². The van der Waals surface area contributed by atoms with Gasteiger partial charge in [0.05, 0.1) is 10.2 Å². The number of piperazine rings is 1. The third-order valence-electron chi connectivity index (χ3n) is 4.52. The number of anilines is 2. The third kappa shape index (κ3) is 3.41. The van der Waals surface area contributed by atoms with Crippen LogP contribution in [-0.2, 0) is 6.42 Å². The van der Waals surface area contributed by atoms with Gasteiger partial charge in [-0.25, -0.2) is 15.0 Å². The fourth-order valence-corrected chi connectivity index (χ4v) is 4.42. The van der Waals surface area contributed by atoms with Gasteiger partial charge < -0.3 is 9.80 Å². The molecule has 0 amide bonds. The molecule has 25 heavy (non-hydrogen) atoms. The lowest BCUT2D eigenvalue weighted by Gasteiger charge is -2.35. The van der Waals surface area contributed by atoms with E-state index in [4.69, 9.17) is 16.6 Å². The van der Waals surface area contributed by atoms with Crippen molar-refractivity contribution in [1.82, 2.24) is 15.0 Å². The van der Waals surface area contributed by atoms with E-state index in [9.17, 15) is 0 Å². The van der Waals surface area contributed by atoms with Gasteiger partial charge in [0.1, 0.15) is 16.8 Å². The fourth-order valence-electron chi connectivity index (χ4n) is 3.12. The van der Waals surface area contributed by atoms with Crippen molar-refractivity contribution in [3.63, 3.8) is 0 Å². The molecule has 5 nitrogen and oxygen atoms in total. The average Bonchev–Trinajstić information content (AvgIpc) is 3.04. The summed E-state index contributed by atoms with van der Waals surface area (Å²) in [5.74, 6) is 1.62. The van der Waals surface area contributed by atoms with Crippen LogP contribution in [0.4, 0.5) is 10.9 Å². The highest BCUT2D eigenvalue weighted by atomic mass is 35.5. The zero-order valence-electron chi connectivity index (χ0n) is 14.4. The Morgan fingerprint density at radius 2 is 1.80 bits per heavy atom. The molecule has 2 aromatic heterocycles. The second kappa shape index (κ2) is 6.77. The van der Waals surface area contributed by atoms with Gasteiger partial charge in [0.25, 0.3) is 0 Å². The molecule has 1 aromatic carbocycles. The van der Waals surface area contributed by atoms with Crippen LogP contribution in [0.25, 0.3) is 10.2 Å². The zero-order chi connectivity index (χ0) is 17.4. The van der Waals surface area contributed by atoms with Crippen LogP contribution in [0.5, 0.6) is 0 Å². The van der Waals surface area contributed by atoms with E-state index in [1.54, 1.807) is 11.3 Å². The average molecular weight is 374 g/mol. The number of halogens is 1. The van der Waals surface area contributed by atoms with Gasteiger partial charge >= 0.3 is 0 Å². The van der Waals surface area contributed by atoms with Gasteiger partial charge in [-0.1, -0.05) is 35.9 Å². The number of hydrogen-bond acceptors (Lipinski definition) is 6. The minimum Gasteiger partial charge on any atom is -0.353 e. The van der Waals surface area contributed by atoms with Crippen LogP contribution in [0.15, 0.2) is 24.3 Å². The molecule has 1 fully saturated rings. The van der Waals surface area contributed by atoms with E-state index in [0.717, 1.165) is 49.1 Å². The molecule has 0 unspecified atom stereocenters.